The molecule has 0 fully saturated rings. The first-order valence-electron chi connectivity index (χ1n) is 5.30. The Hall–Kier alpha value is -1.41. The van der Waals surface area contributed by atoms with E-state index in [0.29, 0.717) is 5.02 Å². The fourth-order valence-electron chi connectivity index (χ4n) is 1.33. The summed E-state index contributed by atoms with van der Waals surface area (Å²) in [6.07, 6.45) is 5.17. The monoisotopic (exact) mass is 234 g/mol. The van der Waals surface area contributed by atoms with Crippen molar-refractivity contribution in [1.29, 1.82) is 0 Å². The summed E-state index contributed by atoms with van der Waals surface area (Å²) in [6, 6.07) is 5.81. The fourth-order valence-corrected chi connectivity index (χ4v) is 1.49. The van der Waals surface area contributed by atoms with Gasteiger partial charge in [0.2, 0.25) is 0 Å². The molecule has 2 aromatic heterocycles. The Morgan fingerprint density at radius 3 is 2.38 bits per heavy atom. The normalized spacial score (nSPS) is 9.25. The predicted octanol–water partition coefficient (Wildman–Crippen LogP) is 4.13. The van der Waals surface area contributed by atoms with Gasteiger partial charge in [0, 0.05) is 29.8 Å². The standard InChI is InChI=1S/C11H9ClN2.C2H6/c1-8-11(6-10(12)7-14-8)9-2-4-13-5-3-9;1-2/h2-7H,1H3;1-2H3. The first kappa shape index (κ1) is 12.7. The third-order valence-electron chi connectivity index (χ3n) is 2.04. The predicted molar refractivity (Wildman–Crippen MR) is 68.6 cm³/mol. The Balaban J connectivity index is 0.000000606. The van der Waals surface area contributed by atoms with Gasteiger partial charge in [-0.2, -0.15) is 0 Å². The van der Waals surface area contributed by atoms with E-state index in [0.717, 1.165) is 16.8 Å². The SMILES string of the molecule is CC.Cc1ncc(Cl)cc1-c1ccncc1. The van der Waals surface area contributed by atoms with Crippen LogP contribution in [-0.4, -0.2) is 9.97 Å². The van der Waals surface area contributed by atoms with Crippen molar-refractivity contribution in [2.75, 3.05) is 0 Å². The number of halogens is 1. The van der Waals surface area contributed by atoms with Crippen LogP contribution in [0.5, 0.6) is 0 Å². The molecular formula is C13H15ClN2. The summed E-state index contributed by atoms with van der Waals surface area (Å²) in [6.45, 7) is 5.96. The molecule has 16 heavy (non-hydrogen) atoms. The maximum Gasteiger partial charge on any atom is 0.0595 e. The van der Waals surface area contributed by atoms with Gasteiger partial charge >= 0.3 is 0 Å². The van der Waals surface area contributed by atoms with Crippen LogP contribution in [0.3, 0.4) is 0 Å². The summed E-state index contributed by atoms with van der Waals surface area (Å²) in [4.78, 5) is 8.17. The van der Waals surface area contributed by atoms with E-state index in [9.17, 15) is 0 Å². The average molecular weight is 235 g/mol. The highest BCUT2D eigenvalue weighted by atomic mass is 35.5. The number of aromatic nitrogens is 2. The van der Waals surface area contributed by atoms with E-state index in [1.54, 1.807) is 18.6 Å². The van der Waals surface area contributed by atoms with Crippen molar-refractivity contribution < 1.29 is 0 Å². The van der Waals surface area contributed by atoms with Crippen molar-refractivity contribution in [3.05, 3.63) is 47.5 Å². The van der Waals surface area contributed by atoms with E-state index in [4.69, 9.17) is 11.6 Å². The van der Waals surface area contributed by atoms with Crippen LogP contribution in [0.2, 0.25) is 5.02 Å². The lowest BCUT2D eigenvalue weighted by Gasteiger charge is -2.04. The summed E-state index contributed by atoms with van der Waals surface area (Å²) in [5.74, 6) is 0. The van der Waals surface area contributed by atoms with Crippen molar-refractivity contribution in [3.63, 3.8) is 0 Å². The highest BCUT2D eigenvalue weighted by Gasteiger charge is 2.02. The molecule has 0 amide bonds. The van der Waals surface area contributed by atoms with Crippen LogP contribution < -0.4 is 0 Å². The third-order valence-corrected chi connectivity index (χ3v) is 2.25. The van der Waals surface area contributed by atoms with Crippen molar-refractivity contribution in [1.82, 2.24) is 9.97 Å². The summed E-state index contributed by atoms with van der Waals surface area (Å²) < 4.78 is 0. The lowest BCUT2D eigenvalue weighted by atomic mass is 10.1. The second kappa shape index (κ2) is 6.23. The quantitative estimate of drug-likeness (QED) is 0.742. The second-order valence-corrected chi connectivity index (χ2v) is 3.46. The zero-order valence-corrected chi connectivity index (χ0v) is 10.5. The van der Waals surface area contributed by atoms with E-state index in [1.807, 2.05) is 39.0 Å². The van der Waals surface area contributed by atoms with Gasteiger partial charge in [0.25, 0.3) is 0 Å². The van der Waals surface area contributed by atoms with E-state index in [1.165, 1.54) is 0 Å². The maximum atomic E-state index is 5.89. The van der Waals surface area contributed by atoms with Gasteiger partial charge in [0.05, 0.1) is 5.02 Å². The van der Waals surface area contributed by atoms with Gasteiger partial charge in [-0.1, -0.05) is 25.4 Å². The maximum absolute atomic E-state index is 5.89. The molecule has 2 heterocycles. The summed E-state index contributed by atoms with van der Waals surface area (Å²) in [7, 11) is 0. The Labute approximate surface area is 101 Å². The molecule has 2 rings (SSSR count). The number of hydrogen-bond acceptors (Lipinski definition) is 2. The van der Waals surface area contributed by atoms with Crippen LogP contribution in [0, 0.1) is 6.92 Å². The first-order chi connectivity index (χ1) is 7.77. The molecule has 0 radical (unpaired) electrons. The van der Waals surface area contributed by atoms with E-state index >= 15 is 0 Å². The zero-order valence-electron chi connectivity index (χ0n) is 9.74. The van der Waals surface area contributed by atoms with Gasteiger partial charge in [-0.3, -0.25) is 9.97 Å². The molecule has 84 valence electrons. The topological polar surface area (TPSA) is 25.8 Å². The zero-order chi connectivity index (χ0) is 12.0. The van der Waals surface area contributed by atoms with Gasteiger partial charge < -0.3 is 0 Å². The number of pyridine rings is 2. The molecule has 2 aromatic rings. The van der Waals surface area contributed by atoms with Crippen LogP contribution in [0.25, 0.3) is 11.1 Å². The Morgan fingerprint density at radius 2 is 1.75 bits per heavy atom. The minimum absolute atomic E-state index is 0.655. The molecular weight excluding hydrogens is 220 g/mol. The lowest BCUT2D eigenvalue weighted by Crippen LogP contribution is -1.87. The van der Waals surface area contributed by atoms with Crippen LogP contribution >= 0.6 is 11.6 Å². The van der Waals surface area contributed by atoms with Crippen molar-refractivity contribution in [2.45, 2.75) is 20.8 Å². The largest absolute Gasteiger partial charge is 0.265 e. The minimum atomic E-state index is 0.655. The van der Waals surface area contributed by atoms with Crippen molar-refractivity contribution in [3.8, 4) is 11.1 Å². The van der Waals surface area contributed by atoms with E-state index in [-0.39, 0.29) is 0 Å². The molecule has 0 aliphatic heterocycles. The molecule has 0 N–H and O–H groups in total. The van der Waals surface area contributed by atoms with Gasteiger partial charge in [-0.25, -0.2) is 0 Å². The molecule has 0 saturated heterocycles. The fraction of sp³-hybridized carbons (Fsp3) is 0.231. The van der Waals surface area contributed by atoms with Crippen molar-refractivity contribution >= 4 is 11.6 Å². The number of hydrogen-bond donors (Lipinski definition) is 0. The second-order valence-electron chi connectivity index (χ2n) is 3.02. The minimum Gasteiger partial charge on any atom is -0.265 e. The summed E-state index contributed by atoms with van der Waals surface area (Å²) in [5, 5.41) is 0.655. The molecule has 0 aliphatic carbocycles. The molecule has 0 aliphatic rings. The first-order valence-corrected chi connectivity index (χ1v) is 5.68. The van der Waals surface area contributed by atoms with Crippen LogP contribution in [-0.2, 0) is 0 Å². The lowest BCUT2D eigenvalue weighted by molar-refractivity contribution is 1.20. The molecule has 0 atom stereocenters. The third kappa shape index (κ3) is 3.04. The molecule has 0 saturated carbocycles. The van der Waals surface area contributed by atoms with Gasteiger partial charge in [-0.15, -0.1) is 0 Å². The van der Waals surface area contributed by atoms with Crippen LogP contribution in [0.15, 0.2) is 36.8 Å². The molecule has 0 bridgehead atoms. The Kier molecular flexibility index (Phi) is 4.93. The number of nitrogens with zero attached hydrogens (tertiary/aromatic N) is 2. The molecule has 0 aromatic carbocycles. The molecule has 0 unspecified atom stereocenters. The van der Waals surface area contributed by atoms with Crippen molar-refractivity contribution in [2.24, 2.45) is 0 Å². The highest BCUT2D eigenvalue weighted by molar-refractivity contribution is 6.30. The van der Waals surface area contributed by atoms with Gasteiger partial charge in [0.1, 0.15) is 0 Å². The van der Waals surface area contributed by atoms with Crippen LogP contribution in [0.4, 0.5) is 0 Å². The van der Waals surface area contributed by atoms with Crippen LogP contribution in [0.1, 0.15) is 19.5 Å². The number of aryl methyl sites for hydroxylation is 1. The Morgan fingerprint density at radius 1 is 1.12 bits per heavy atom. The van der Waals surface area contributed by atoms with E-state index in [2.05, 4.69) is 9.97 Å². The molecule has 3 heteroatoms. The summed E-state index contributed by atoms with van der Waals surface area (Å²) in [5.41, 5.74) is 3.12. The molecule has 2 nitrogen and oxygen atoms in total. The van der Waals surface area contributed by atoms with Gasteiger partial charge in [-0.05, 0) is 30.7 Å². The molecule has 0 spiro atoms. The van der Waals surface area contributed by atoms with E-state index < -0.39 is 0 Å². The summed E-state index contributed by atoms with van der Waals surface area (Å²) >= 11 is 5.89. The highest BCUT2D eigenvalue weighted by Crippen LogP contribution is 2.23. The Bertz CT molecular complexity index is 441. The smallest absolute Gasteiger partial charge is 0.0595 e. The van der Waals surface area contributed by atoms with Gasteiger partial charge in [0.15, 0.2) is 0 Å². The number of rotatable bonds is 1. The average Bonchev–Trinajstić information content (AvgIpc) is 2.36.